The molecule has 56 valence electrons. The molecule has 1 N–H and O–H groups in total. The molecule has 0 bridgehead atoms. The first-order valence-corrected chi connectivity index (χ1v) is 3.32. The maximum Gasteiger partial charge on any atom is 0.109 e. The Bertz CT molecular complexity index is 109. The molecule has 0 spiro atoms. The van der Waals surface area contributed by atoms with E-state index in [-0.39, 0.29) is 12.1 Å². The van der Waals surface area contributed by atoms with E-state index in [1.165, 1.54) is 0 Å². The molecule has 0 amide bonds. The van der Waals surface area contributed by atoms with Gasteiger partial charge in [-0.2, -0.15) is 0 Å². The molecule has 1 unspecified atom stereocenters. The Hall–Kier alpha value is -0.0551. The van der Waals surface area contributed by atoms with Crippen LogP contribution in [0, 0.1) is 0 Å². The van der Waals surface area contributed by atoms with Crippen molar-refractivity contribution in [3.05, 3.63) is 0 Å². The first-order chi connectivity index (χ1) is 4.74. The van der Waals surface area contributed by atoms with Crippen LogP contribution in [0.3, 0.4) is 0 Å². The molecule has 0 aromatic heterocycles. The highest BCUT2D eigenvalue weighted by Gasteiger charge is 2.30. The number of hydrogen-bond donors (Lipinski definition) is 1. The van der Waals surface area contributed by atoms with Crippen molar-refractivity contribution >= 4 is 7.85 Å². The summed E-state index contributed by atoms with van der Waals surface area (Å²) in [6.07, 6.45) is -0.191. The normalized spacial score (nSPS) is 40.4. The molecular formula is C6H11BO3. The van der Waals surface area contributed by atoms with Crippen LogP contribution in [0.25, 0.3) is 0 Å². The maximum atomic E-state index is 9.21. The van der Waals surface area contributed by atoms with Gasteiger partial charge in [0.15, 0.2) is 0 Å². The zero-order valence-corrected chi connectivity index (χ0v) is 5.99. The second-order valence-electron chi connectivity index (χ2n) is 2.47. The number of methoxy groups -OCH3 is 1. The monoisotopic (exact) mass is 142 g/mol. The standard InChI is InChI=1S/C6H11BO3/c1-9-3-5-4(8)2-6(7)10-5/h4-6,8H,2-3H2,1H3/t4?,5-,6-/m1/s1. The maximum absolute atomic E-state index is 9.21. The number of ether oxygens (including phenoxy) is 2. The minimum absolute atomic E-state index is 0.236. The molecule has 1 aliphatic heterocycles. The highest BCUT2D eigenvalue weighted by Crippen LogP contribution is 2.17. The molecule has 3 nitrogen and oxygen atoms in total. The third kappa shape index (κ3) is 1.72. The molecule has 0 aromatic rings. The summed E-state index contributed by atoms with van der Waals surface area (Å²) in [6.45, 7) is 0.412. The van der Waals surface area contributed by atoms with Crippen molar-refractivity contribution in [3.63, 3.8) is 0 Å². The second-order valence-corrected chi connectivity index (χ2v) is 2.47. The average Bonchev–Trinajstić information content (AvgIpc) is 2.13. The fourth-order valence-corrected chi connectivity index (χ4v) is 1.08. The van der Waals surface area contributed by atoms with Gasteiger partial charge in [-0.3, -0.25) is 0 Å². The van der Waals surface area contributed by atoms with Crippen LogP contribution in [0.15, 0.2) is 0 Å². The van der Waals surface area contributed by atoms with Crippen molar-refractivity contribution in [3.8, 4) is 0 Å². The first-order valence-electron chi connectivity index (χ1n) is 3.32. The molecule has 1 rings (SSSR count). The average molecular weight is 142 g/mol. The Balaban J connectivity index is 2.31. The molecule has 10 heavy (non-hydrogen) atoms. The van der Waals surface area contributed by atoms with Crippen LogP contribution in [0.1, 0.15) is 6.42 Å². The van der Waals surface area contributed by atoms with Gasteiger partial charge in [-0.1, -0.05) is 0 Å². The van der Waals surface area contributed by atoms with Crippen molar-refractivity contribution in [2.45, 2.75) is 24.6 Å². The lowest BCUT2D eigenvalue weighted by Crippen LogP contribution is -2.25. The highest BCUT2D eigenvalue weighted by atomic mass is 16.5. The molecule has 1 saturated heterocycles. The largest absolute Gasteiger partial charge is 0.390 e. The molecule has 3 atom stereocenters. The Labute approximate surface area is 61.7 Å². The van der Waals surface area contributed by atoms with Crippen LogP contribution >= 0.6 is 0 Å². The fourth-order valence-electron chi connectivity index (χ4n) is 1.08. The van der Waals surface area contributed by atoms with Crippen molar-refractivity contribution in [1.82, 2.24) is 0 Å². The fraction of sp³-hybridized carbons (Fsp3) is 1.00. The summed E-state index contributed by atoms with van der Waals surface area (Å²) in [4.78, 5) is 0. The summed E-state index contributed by atoms with van der Waals surface area (Å²) >= 11 is 0. The van der Waals surface area contributed by atoms with Gasteiger partial charge < -0.3 is 14.6 Å². The lowest BCUT2D eigenvalue weighted by molar-refractivity contribution is -0.0173. The van der Waals surface area contributed by atoms with Crippen LogP contribution in [-0.4, -0.2) is 44.9 Å². The van der Waals surface area contributed by atoms with E-state index in [1.54, 1.807) is 7.11 Å². The summed E-state index contributed by atoms with van der Waals surface area (Å²) in [7, 11) is 6.98. The van der Waals surface area contributed by atoms with Crippen LogP contribution in [0.4, 0.5) is 0 Å². The molecule has 4 heteroatoms. The van der Waals surface area contributed by atoms with Crippen LogP contribution < -0.4 is 0 Å². The minimum Gasteiger partial charge on any atom is -0.390 e. The highest BCUT2D eigenvalue weighted by molar-refractivity contribution is 6.11. The zero-order chi connectivity index (χ0) is 7.56. The molecule has 0 aromatic carbocycles. The summed E-state index contributed by atoms with van der Waals surface area (Å²) < 4.78 is 9.92. The van der Waals surface area contributed by atoms with Crippen molar-refractivity contribution in [2.24, 2.45) is 0 Å². The van der Waals surface area contributed by atoms with Crippen LogP contribution in [-0.2, 0) is 9.47 Å². The summed E-state index contributed by atoms with van der Waals surface area (Å²) in [6, 6.07) is -0.324. The number of aliphatic hydroxyl groups excluding tert-OH is 1. The van der Waals surface area contributed by atoms with Crippen LogP contribution in [0.5, 0.6) is 0 Å². The number of aliphatic hydroxyl groups is 1. The predicted molar refractivity (Wildman–Crippen MR) is 36.9 cm³/mol. The summed E-state index contributed by atoms with van der Waals surface area (Å²) in [5.41, 5.74) is 0. The molecule has 2 radical (unpaired) electrons. The first kappa shape index (κ1) is 8.05. The van der Waals surface area contributed by atoms with Crippen molar-refractivity contribution < 1.29 is 14.6 Å². The van der Waals surface area contributed by atoms with E-state index in [0.29, 0.717) is 13.0 Å². The van der Waals surface area contributed by atoms with Gasteiger partial charge in [0, 0.05) is 13.1 Å². The predicted octanol–water partition coefficient (Wildman–Crippen LogP) is -0.723. The van der Waals surface area contributed by atoms with Gasteiger partial charge in [-0.25, -0.2) is 0 Å². The van der Waals surface area contributed by atoms with Gasteiger partial charge in [-0.15, -0.1) is 0 Å². The quantitative estimate of drug-likeness (QED) is 0.517. The van der Waals surface area contributed by atoms with Gasteiger partial charge in [0.1, 0.15) is 14.0 Å². The lowest BCUT2D eigenvalue weighted by atomic mass is 9.96. The van der Waals surface area contributed by atoms with E-state index >= 15 is 0 Å². The molecule has 1 fully saturated rings. The third-order valence-corrected chi connectivity index (χ3v) is 1.58. The topological polar surface area (TPSA) is 38.7 Å². The van der Waals surface area contributed by atoms with Crippen molar-refractivity contribution in [2.75, 3.05) is 13.7 Å². The molecule has 0 saturated carbocycles. The van der Waals surface area contributed by atoms with Gasteiger partial charge in [0.25, 0.3) is 0 Å². The molecule has 0 aliphatic carbocycles. The van der Waals surface area contributed by atoms with Gasteiger partial charge in [0.2, 0.25) is 0 Å². The number of rotatable bonds is 2. The number of hydrogen-bond acceptors (Lipinski definition) is 3. The lowest BCUT2D eigenvalue weighted by Gasteiger charge is -2.11. The third-order valence-electron chi connectivity index (χ3n) is 1.58. The van der Waals surface area contributed by atoms with Gasteiger partial charge in [-0.05, 0) is 6.42 Å². The molecule has 1 aliphatic rings. The van der Waals surface area contributed by atoms with Crippen molar-refractivity contribution in [1.29, 1.82) is 0 Å². The van der Waals surface area contributed by atoms with Gasteiger partial charge in [0.05, 0.1) is 12.7 Å². The van der Waals surface area contributed by atoms with E-state index < -0.39 is 6.10 Å². The van der Waals surface area contributed by atoms with E-state index in [4.69, 9.17) is 17.3 Å². The SMILES string of the molecule is [B][C@H]1CC(O)[C@@H](COC)O1. The Morgan fingerprint density at radius 3 is 2.90 bits per heavy atom. The Morgan fingerprint density at radius 2 is 2.50 bits per heavy atom. The zero-order valence-electron chi connectivity index (χ0n) is 5.99. The summed E-state index contributed by atoms with van der Waals surface area (Å²) in [5, 5.41) is 9.21. The smallest absolute Gasteiger partial charge is 0.109 e. The van der Waals surface area contributed by atoms with Gasteiger partial charge >= 0.3 is 0 Å². The van der Waals surface area contributed by atoms with E-state index in [1.807, 2.05) is 0 Å². The minimum atomic E-state index is -0.463. The Morgan fingerprint density at radius 1 is 1.80 bits per heavy atom. The van der Waals surface area contributed by atoms with E-state index in [9.17, 15) is 5.11 Å². The summed E-state index contributed by atoms with van der Waals surface area (Å²) in [5.74, 6) is 0. The van der Waals surface area contributed by atoms with Crippen LogP contribution in [0.2, 0.25) is 0 Å². The molecule has 1 heterocycles. The van der Waals surface area contributed by atoms with E-state index in [2.05, 4.69) is 0 Å². The second kappa shape index (κ2) is 3.37. The molecular weight excluding hydrogens is 131 g/mol. The van der Waals surface area contributed by atoms with E-state index in [0.717, 1.165) is 0 Å². The Kier molecular flexibility index (Phi) is 2.71.